The number of hydrogen-bond acceptors (Lipinski definition) is 4. The van der Waals surface area contributed by atoms with E-state index in [1.807, 2.05) is 31.2 Å². The molecular weight excluding hydrogens is 308 g/mol. The van der Waals surface area contributed by atoms with Crippen molar-refractivity contribution >= 4 is 28.1 Å². The van der Waals surface area contributed by atoms with Crippen LogP contribution in [0.4, 0.5) is 5.95 Å². The standard InChI is InChI=1S/C13H13BrN4O/c1-2-11-7-12(19)17-13(16-11)18-15-8-9-3-5-10(14)6-4-9/h3-8H,2H2,1H3,(H2,16,17,18,19)/b15-8-. The van der Waals surface area contributed by atoms with Gasteiger partial charge in [-0.2, -0.15) is 5.10 Å². The average Bonchev–Trinajstić information content (AvgIpc) is 2.40. The van der Waals surface area contributed by atoms with Crippen LogP contribution in [0.15, 0.2) is 44.7 Å². The first kappa shape index (κ1) is 13.5. The fourth-order valence-corrected chi connectivity index (χ4v) is 1.72. The summed E-state index contributed by atoms with van der Waals surface area (Å²) in [5.74, 6) is 0.345. The minimum absolute atomic E-state index is 0.187. The fourth-order valence-electron chi connectivity index (χ4n) is 1.46. The molecule has 0 atom stereocenters. The number of hydrogen-bond donors (Lipinski definition) is 2. The fraction of sp³-hybridized carbons (Fsp3) is 0.154. The zero-order chi connectivity index (χ0) is 13.7. The van der Waals surface area contributed by atoms with Gasteiger partial charge >= 0.3 is 0 Å². The molecule has 0 saturated carbocycles. The highest BCUT2D eigenvalue weighted by molar-refractivity contribution is 9.10. The summed E-state index contributed by atoms with van der Waals surface area (Å²) >= 11 is 3.36. The van der Waals surface area contributed by atoms with Crippen molar-refractivity contribution in [2.75, 3.05) is 5.43 Å². The summed E-state index contributed by atoms with van der Waals surface area (Å²) in [5.41, 5.74) is 4.20. The van der Waals surface area contributed by atoms with Gasteiger partial charge in [0.25, 0.3) is 5.56 Å². The zero-order valence-corrected chi connectivity index (χ0v) is 11.9. The highest BCUT2D eigenvalue weighted by atomic mass is 79.9. The molecule has 0 radical (unpaired) electrons. The van der Waals surface area contributed by atoms with E-state index >= 15 is 0 Å². The molecule has 0 aliphatic carbocycles. The quantitative estimate of drug-likeness (QED) is 0.671. The first-order valence-corrected chi connectivity index (χ1v) is 6.61. The molecule has 0 bridgehead atoms. The van der Waals surface area contributed by atoms with E-state index in [0.29, 0.717) is 12.4 Å². The Labute approximate surface area is 118 Å². The van der Waals surface area contributed by atoms with Gasteiger partial charge in [0.1, 0.15) is 0 Å². The van der Waals surface area contributed by atoms with Gasteiger partial charge in [-0.25, -0.2) is 10.4 Å². The maximum Gasteiger partial charge on any atom is 0.252 e. The highest BCUT2D eigenvalue weighted by Crippen LogP contribution is 2.09. The monoisotopic (exact) mass is 320 g/mol. The Bertz CT molecular complexity index is 634. The van der Waals surface area contributed by atoms with Crippen LogP contribution in [0.2, 0.25) is 0 Å². The second-order valence-electron chi connectivity index (χ2n) is 3.86. The normalized spacial score (nSPS) is 10.8. The van der Waals surface area contributed by atoms with Crippen molar-refractivity contribution in [3.8, 4) is 0 Å². The van der Waals surface area contributed by atoms with Gasteiger partial charge in [-0.05, 0) is 24.1 Å². The van der Waals surface area contributed by atoms with Gasteiger partial charge < -0.3 is 0 Å². The topological polar surface area (TPSA) is 70.1 Å². The van der Waals surface area contributed by atoms with Gasteiger partial charge in [0.2, 0.25) is 5.95 Å². The molecule has 5 nitrogen and oxygen atoms in total. The van der Waals surface area contributed by atoms with Crippen LogP contribution in [0.25, 0.3) is 0 Å². The lowest BCUT2D eigenvalue weighted by atomic mass is 10.2. The minimum Gasteiger partial charge on any atom is -0.291 e. The maximum absolute atomic E-state index is 11.3. The Balaban J connectivity index is 2.08. The lowest BCUT2D eigenvalue weighted by Gasteiger charge is -2.01. The third-order valence-corrected chi connectivity index (χ3v) is 2.94. The maximum atomic E-state index is 11.3. The summed E-state index contributed by atoms with van der Waals surface area (Å²) in [6, 6.07) is 9.18. The first-order valence-electron chi connectivity index (χ1n) is 5.82. The van der Waals surface area contributed by atoms with Crippen LogP contribution in [-0.4, -0.2) is 16.2 Å². The van der Waals surface area contributed by atoms with Gasteiger partial charge in [-0.15, -0.1) is 0 Å². The largest absolute Gasteiger partial charge is 0.291 e. The van der Waals surface area contributed by atoms with Gasteiger partial charge in [0.15, 0.2) is 0 Å². The summed E-state index contributed by atoms with van der Waals surface area (Å²) in [5, 5.41) is 4.04. The van der Waals surface area contributed by atoms with Gasteiger partial charge in [0, 0.05) is 16.2 Å². The zero-order valence-electron chi connectivity index (χ0n) is 10.4. The number of aromatic nitrogens is 2. The SMILES string of the molecule is CCc1cc(=O)[nH]c(N/N=C\c2ccc(Br)cc2)n1. The summed E-state index contributed by atoms with van der Waals surface area (Å²) < 4.78 is 1.01. The van der Waals surface area contributed by atoms with E-state index in [1.165, 1.54) is 6.07 Å². The van der Waals surface area contributed by atoms with Crippen molar-refractivity contribution < 1.29 is 0 Å². The van der Waals surface area contributed by atoms with Crippen molar-refractivity contribution in [1.82, 2.24) is 9.97 Å². The van der Waals surface area contributed by atoms with Crippen LogP contribution in [-0.2, 0) is 6.42 Å². The molecule has 1 aromatic carbocycles. The average molecular weight is 321 g/mol. The summed E-state index contributed by atoms with van der Waals surface area (Å²) in [6.45, 7) is 1.94. The number of rotatable bonds is 4. The lowest BCUT2D eigenvalue weighted by Crippen LogP contribution is -2.11. The predicted octanol–water partition coefficient (Wildman–Crippen LogP) is 2.54. The van der Waals surface area contributed by atoms with E-state index in [9.17, 15) is 4.79 Å². The number of H-pyrrole nitrogens is 1. The number of nitrogens with one attached hydrogen (secondary N) is 2. The third kappa shape index (κ3) is 4.03. The third-order valence-electron chi connectivity index (χ3n) is 2.41. The minimum atomic E-state index is -0.187. The molecule has 0 aliphatic heterocycles. The van der Waals surface area contributed by atoms with E-state index in [4.69, 9.17) is 0 Å². The van der Waals surface area contributed by atoms with E-state index in [0.717, 1.165) is 15.7 Å². The molecule has 2 rings (SSSR count). The summed E-state index contributed by atoms with van der Waals surface area (Å²) in [7, 11) is 0. The number of benzene rings is 1. The van der Waals surface area contributed by atoms with E-state index in [1.54, 1.807) is 6.21 Å². The number of aryl methyl sites for hydroxylation is 1. The Morgan fingerprint density at radius 3 is 2.84 bits per heavy atom. The molecule has 1 heterocycles. The van der Waals surface area contributed by atoms with Crippen LogP contribution < -0.4 is 11.0 Å². The van der Waals surface area contributed by atoms with Crippen LogP contribution >= 0.6 is 15.9 Å². The molecule has 0 unspecified atom stereocenters. The Morgan fingerprint density at radius 1 is 1.42 bits per heavy atom. The molecule has 0 fully saturated rings. The van der Waals surface area contributed by atoms with Crippen LogP contribution in [0.3, 0.4) is 0 Å². The number of hydrazone groups is 1. The van der Waals surface area contributed by atoms with Crippen molar-refractivity contribution in [2.45, 2.75) is 13.3 Å². The molecule has 2 aromatic rings. The highest BCUT2D eigenvalue weighted by Gasteiger charge is 1.97. The Kier molecular flexibility index (Phi) is 4.46. The van der Waals surface area contributed by atoms with Crippen LogP contribution in [0, 0.1) is 0 Å². The van der Waals surface area contributed by atoms with E-state index in [-0.39, 0.29) is 5.56 Å². The van der Waals surface area contributed by atoms with E-state index in [2.05, 4.69) is 36.4 Å². The molecule has 0 amide bonds. The lowest BCUT2D eigenvalue weighted by molar-refractivity contribution is 0.974. The van der Waals surface area contributed by atoms with Crippen molar-refractivity contribution in [3.63, 3.8) is 0 Å². The number of halogens is 1. The van der Waals surface area contributed by atoms with Gasteiger partial charge in [-0.1, -0.05) is 35.0 Å². The summed E-state index contributed by atoms with van der Waals surface area (Å²) in [4.78, 5) is 18.1. The molecule has 98 valence electrons. The van der Waals surface area contributed by atoms with Crippen molar-refractivity contribution in [3.05, 3.63) is 56.4 Å². The Hall–Kier alpha value is -1.95. The van der Waals surface area contributed by atoms with Crippen LogP contribution in [0.5, 0.6) is 0 Å². The molecule has 19 heavy (non-hydrogen) atoms. The number of anilines is 1. The molecule has 6 heteroatoms. The Morgan fingerprint density at radius 2 is 2.16 bits per heavy atom. The van der Waals surface area contributed by atoms with Crippen LogP contribution in [0.1, 0.15) is 18.2 Å². The molecule has 1 aromatic heterocycles. The predicted molar refractivity (Wildman–Crippen MR) is 79.6 cm³/mol. The first-order chi connectivity index (χ1) is 9.17. The number of aromatic amines is 1. The molecule has 0 aliphatic rings. The second-order valence-corrected chi connectivity index (χ2v) is 4.78. The molecule has 0 saturated heterocycles. The summed E-state index contributed by atoms with van der Waals surface area (Å²) in [6.07, 6.45) is 2.36. The molecule has 2 N–H and O–H groups in total. The molecular formula is C13H13BrN4O. The molecule has 0 spiro atoms. The number of nitrogens with zero attached hydrogens (tertiary/aromatic N) is 2. The van der Waals surface area contributed by atoms with Gasteiger partial charge in [0.05, 0.1) is 6.21 Å². The van der Waals surface area contributed by atoms with Crippen molar-refractivity contribution in [2.24, 2.45) is 5.10 Å². The van der Waals surface area contributed by atoms with Gasteiger partial charge in [-0.3, -0.25) is 9.78 Å². The van der Waals surface area contributed by atoms with Crippen molar-refractivity contribution in [1.29, 1.82) is 0 Å². The smallest absolute Gasteiger partial charge is 0.252 e. The van der Waals surface area contributed by atoms with E-state index < -0.39 is 0 Å². The second kappa shape index (κ2) is 6.29.